The third kappa shape index (κ3) is 3.32. The second kappa shape index (κ2) is 6.50. The molecule has 1 N–H and O–H groups in total. The third-order valence-corrected chi connectivity index (χ3v) is 3.37. The lowest BCUT2D eigenvalue weighted by Crippen LogP contribution is -2.13. The molecule has 0 aliphatic rings. The fourth-order valence-electron chi connectivity index (χ4n) is 1.99. The van der Waals surface area contributed by atoms with Crippen LogP contribution in [0.4, 0.5) is 10.2 Å². The van der Waals surface area contributed by atoms with E-state index in [1.54, 1.807) is 12.1 Å². The van der Waals surface area contributed by atoms with E-state index in [1.165, 1.54) is 36.9 Å². The fraction of sp³-hybridized carbons (Fsp3) is 0. The average molecular weight is 329 g/mol. The second-order valence-electron chi connectivity index (χ2n) is 4.58. The maximum atomic E-state index is 14.3. The van der Waals surface area contributed by atoms with Gasteiger partial charge in [-0.3, -0.25) is 9.78 Å². The van der Waals surface area contributed by atoms with Crippen molar-refractivity contribution in [3.05, 3.63) is 71.5 Å². The molecule has 0 radical (unpaired) electrons. The Bertz CT molecular complexity index is 858. The molecular formula is C16H10ClFN4O. The van der Waals surface area contributed by atoms with Crippen LogP contribution in [0.1, 0.15) is 10.4 Å². The summed E-state index contributed by atoms with van der Waals surface area (Å²) in [5.41, 5.74) is 0.723. The number of nitrogens with one attached hydrogen (secondary N) is 1. The highest BCUT2D eigenvalue weighted by Crippen LogP contribution is 2.28. The minimum Gasteiger partial charge on any atom is -0.306 e. The van der Waals surface area contributed by atoms with Gasteiger partial charge in [0.25, 0.3) is 5.91 Å². The number of carbonyl (C=O) groups excluding carboxylic acids is 1. The molecule has 3 aromatic rings. The standard InChI is InChI=1S/C16H10ClFN4O/c17-12-2-1-6-20-15(12)11-4-3-10(8-13(11)18)16(23)22-14-5-7-19-9-21-14/h1-9H,(H,19,21,22,23). The summed E-state index contributed by atoms with van der Waals surface area (Å²) in [5, 5.41) is 2.90. The van der Waals surface area contributed by atoms with Crippen molar-refractivity contribution in [2.45, 2.75) is 0 Å². The van der Waals surface area contributed by atoms with Crippen LogP contribution in [0.3, 0.4) is 0 Å². The minimum atomic E-state index is -0.582. The summed E-state index contributed by atoms with van der Waals surface area (Å²) in [6.45, 7) is 0. The number of rotatable bonds is 3. The van der Waals surface area contributed by atoms with Gasteiger partial charge >= 0.3 is 0 Å². The Morgan fingerprint density at radius 1 is 1.13 bits per heavy atom. The molecule has 114 valence electrons. The van der Waals surface area contributed by atoms with Crippen LogP contribution in [0.5, 0.6) is 0 Å². The number of hydrogen-bond donors (Lipinski definition) is 1. The highest BCUT2D eigenvalue weighted by molar-refractivity contribution is 6.33. The first-order chi connectivity index (χ1) is 11.1. The predicted molar refractivity (Wildman–Crippen MR) is 84.6 cm³/mol. The Morgan fingerprint density at radius 3 is 2.70 bits per heavy atom. The molecule has 7 heteroatoms. The SMILES string of the molecule is O=C(Nc1ccncn1)c1ccc(-c2ncccc2Cl)c(F)c1. The Morgan fingerprint density at radius 2 is 2.00 bits per heavy atom. The highest BCUT2D eigenvalue weighted by atomic mass is 35.5. The van der Waals surface area contributed by atoms with Gasteiger partial charge in [0.15, 0.2) is 0 Å². The maximum absolute atomic E-state index is 14.3. The van der Waals surface area contributed by atoms with Crippen LogP contribution in [0, 0.1) is 5.82 Å². The summed E-state index contributed by atoms with van der Waals surface area (Å²) in [4.78, 5) is 23.8. The van der Waals surface area contributed by atoms with Gasteiger partial charge in [0.1, 0.15) is 18.0 Å². The lowest BCUT2D eigenvalue weighted by Gasteiger charge is -2.07. The van der Waals surface area contributed by atoms with Crippen LogP contribution in [-0.4, -0.2) is 20.9 Å². The summed E-state index contributed by atoms with van der Waals surface area (Å²) < 4.78 is 14.3. The number of benzene rings is 1. The van der Waals surface area contributed by atoms with Crippen LogP contribution < -0.4 is 5.32 Å². The van der Waals surface area contributed by atoms with Crippen molar-refractivity contribution in [2.75, 3.05) is 5.32 Å². The van der Waals surface area contributed by atoms with Crippen LogP contribution in [0.25, 0.3) is 11.3 Å². The minimum absolute atomic E-state index is 0.164. The Balaban J connectivity index is 1.88. The number of hydrogen-bond acceptors (Lipinski definition) is 4. The van der Waals surface area contributed by atoms with E-state index < -0.39 is 11.7 Å². The number of anilines is 1. The largest absolute Gasteiger partial charge is 0.306 e. The van der Waals surface area contributed by atoms with Crippen LogP contribution >= 0.6 is 11.6 Å². The average Bonchev–Trinajstić information content (AvgIpc) is 2.56. The molecule has 3 rings (SSSR count). The Kier molecular flexibility index (Phi) is 4.25. The molecule has 2 aromatic heterocycles. The van der Waals surface area contributed by atoms with Gasteiger partial charge in [-0.1, -0.05) is 11.6 Å². The quantitative estimate of drug-likeness (QED) is 0.798. The van der Waals surface area contributed by atoms with Crippen molar-refractivity contribution in [3.63, 3.8) is 0 Å². The van der Waals surface area contributed by atoms with Gasteiger partial charge in [-0.25, -0.2) is 14.4 Å². The third-order valence-electron chi connectivity index (χ3n) is 3.07. The number of amides is 1. The van der Waals surface area contributed by atoms with Gasteiger partial charge < -0.3 is 5.32 Å². The molecule has 0 fully saturated rings. The molecule has 0 atom stereocenters. The molecule has 5 nitrogen and oxygen atoms in total. The molecule has 0 unspecified atom stereocenters. The molecule has 1 amide bonds. The summed E-state index contributed by atoms with van der Waals surface area (Å²) >= 11 is 6.02. The fourth-order valence-corrected chi connectivity index (χ4v) is 2.21. The number of halogens is 2. The van der Waals surface area contributed by atoms with Crippen LogP contribution in [-0.2, 0) is 0 Å². The van der Waals surface area contributed by atoms with Gasteiger partial charge in [-0.05, 0) is 36.4 Å². The first-order valence-electron chi connectivity index (χ1n) is 6.63. The van der Waals surface area contributed by atoms with Crippen LogP contribution in [0.15, 0.2) is 55.1 Å². The Labute approximate surface area is 136 Å². The van der Waals surface area contributed by atoms with E-state index in [1.807, 2.05) is 0 Å². The van der Waals surface area contributed by atoms with Gasteiger partial charge in [0.05, 0.1) is 10.7 Å². The molecule has 1 aromatic carbocycles. The molecule has 23 heavy (non-hydrogen) atoms. The van der Waals surface area contributed by atoms with E-state index in [0.717, 1.165) is 6.07 Å². The molecule has 2 heterocycles. The van der Waals surface area contributed by atoms with Gasteiger partial charge in [0.2, 0.25) is 0 Å². The maximum Gasteiger partial charge on any atom is 0.256 e. The normalized spacial score (nSPS) is 10.3. The summed E-state index contributed by atoms with van der Waals surface area (Å²) in [6, 6.07) is 8.93. The lowest BCUT2D eigenvalue weighted by molar-refractivity contribution is 0.102. The first-order valence-corrected chi connectivity index (χ1v) is 7.01. The number of nitrogens with zero attached hydrogens (tertiary/aromatic N) is 3. The molecule has 0 saturated carbocycles. The monoisotopic (exact) mass is 328 g/mol. The van der Waals surface area contributed by atoms with E-state index >= 15 is 0 Å². The topological polar surface area (TPSA) is 67.8 Å². The van der Waals surface area contributed by atoms with Crippen molar-refractivity contribution < 1.29 is 9.18 Å². The number of pyridine rings is 1. The van der Waals surface area contributed by atoms with Gasteiger partial charge in [0, 0.05) is 23.5 Å². The van der Waals surface area contributed by atoms with Crippen molar-refractivity contribution in [1.29, 1.82) is 0 Å². The van der Waals surface area contributed by atoms with E-state index in [2.05, 4.69) is 20.3 Å². The van der Waals surface area contributed by atoms with E-state index in [-0.39, 0.29) is 11.1 Å². The molecule has 0 spiro atoms. The van der Waals surface area contributed by atoms with Crippen LogP contribution in [0.2, 0.25) is 5.02 Å². The molecule has 0 bridgehead atoms. The zero-order chi connectivity index (χ0) is 16.2. The summed E-state index contributed by atoms with van der Waals surface area (Å²) in [5.74, 6) is -0.718. The van der Waals surface area contributed by atoms with Gasteiger partial charge in [-0.15, -0.1) is 0 Å². The predicted octanol–water partition coefficient (Wildman–Crippen LogP) is 3.58. The van der Waals surface area contributed by atoms with Crippen molar-refractivity contribution in [3.8, 4) is 11.3 Å². The lowest BCUT2D eigenvalue weighted by atomic mass is 10.1. The molecular weight excluding hydrogens is 319 g/mol. The zero-order valence-corrected chi connectivity index (χ0v) is 12.5. The zero-order valence-electron chi connectivity index (χ0n) is 11.7. The summed E-state index contributed by atoms with van der Waals surface area (Å²) in [6.07, 6.45) is 4.33. The summed E-state index contributed by atoms with van der Waals surface area (Å²) in [7, 11) is 0. The first kappa shape index (κ1) is 15.1. The van der Waals surface area contributed by atoms with Gasteiger partial charge in [-0.2, -0.15) is 0 Å². The molecule has 0 aliphatic carbocycles. The molecule has 0 saturated heterocycles. The second-order valence-corrected chi connectivity index (χ2v) is 4.98. The van der Waals surface area contributed by atoms with Crippen molar-refractivity contribution >= 4 is 23.3 Å². The highest BCUT2D eigenvalue weighted by Gasteiger charge is 2.14. The Hall–Kier alpha value is -2.86. The number of carbonyl (C=O) groups is 1. The molecule has 0 aliphatic heterocycles. The number of aromatic nitrogens is 3. The smallest absolute Gasteiger partial charge is 0.256 e. The van der Waals surface area contributed by atoms with Crippen molar-refractivity contribution in [1.82, 2.24) is 15.0 Å². The van der Waals surface area contributed by atoms with E-state index in [4.69, 9.17) is 11.6 Å². The van der Waals surface area contributed by atoms with E-state index in [9.17, 15) is 9.18 Å². The van der Waals surface area contributed by atoms with E-state index in [0.29, 0.717) is 16.5 Å². The van der Waals surface area contributed by atoms with Crippen molar-refractivity contribution in [2.24, 2.45) is 0 Å².